The Labute approximate surface area is 224 Å². The molecule has 2 amide bonds. The van der Waals surface area contributed by atoms with Crippen LogP contribution in [0.1, 0.15) is 30.9 Å². The monoisotopic (exact) mass is 579 g/mol. The van der Waals surface area contributed by atoms with E-state index < -0.39 is 47.4 Å². The second kappa shape index (κ2) is 11.6. The number of nitrogens with zero attached hydrogens (tertiary/aromatic N) is 3. The minimum atomic E-state index is -5.44. The van der Waals surface area contributed by atoms with E-state index in [0.29, 0.717) is 41.4 Å². The van der Waals surface area contributed by atoms with Gasteiger partial charge in [-0.3, -0.25) is 14.6 Å². The van der Waals surface area contributed by atoms with Crippen molar-refractivity contribution in [1.29, 1.82) is 0 Å². The van der Waals surface area contributed by atoms with Gasteiger partial charge in [0, 0.05) is 17.0 Å². The van der Waals surface area contributed by atoms with Crippen molar-refractivity contribution in [1.82, 2.24) is 5.01 Å². The summed E-state index contributed by atoms with van der Waals surface area (Å²) < 4.78 is 78.9. The molecule has 0 bridgehead atoms. The first-order valence-electron chi connectivity index (χ1n) is 11.4. The highest BCUT2D eigenvalue weighted by molar-refractivity contribution is 7.98. The van der Waals surface area contributed by atoms with Crippen molar-refractivity contribution >= 4 is 46.6 Å². The van der Waals surface area contributed by atoms with Crippen LogP contribution in [0.15, 0.2) is 53.6 Å². The molecule has 0 fully saturated rings. The topological polar surface area (TPSA) is 53.0 Å². The lowest BCUT2D eigenvalue weighted by molar-refractivity contribution is -0.171. The molecule has 38 heavy (non-hydrogen) atoms. The highest BCUT2D eigenvalue weighted by Crippen LogP contribution is 2.37. The van der Waals surface area contributed by atoms with Crippen molar-refractivity contribution in [2.45, 2.75) is 32.1 Å². The van der Waals surface area contributed by atoms with Gasteiger partial charge in [0.25, 0.3) is 5.91 Å². The molecule has 0 aliphatic carbocycles. The Bertz CT molecular complexity index is 1190. The van der Waals surface area contributed by atoms with Gasteiger partial charge in [0.1, 0.15) is 6.54 Å². The first-order chi connectivity index (χ1) is 17.7. The van der Waals surface area contributed by atoms with Crippen molar-refractivity contribution in [3.8, 4) is 0 Å². The third-order valence-electron chi connectivity index (χ3n) is 6.00. The number of thioether (sulfide) groups is 1. The number of benzene rings is 2. The maximum absolute atomic E-state index is 13.4. The van der Waals surface area contributed by atoms with Gasteiger partial charge in [-0.1, -0.05) is 30.7 Å². The number of carbonyl (C=O) groups is 2. The summed E-state index contributed by atoms with van der Waals surface area (Å²) in [6.45, 7) is 1.42. The lowest BCUT2D eigenvalue weighted by Crippen LogP contribution is -2.48. The zero-order valence-electron chi connectivity index (χ0n) is 20.4. The van der Waals surface area contributed by atoms with Crippen LogP contribution in [0, 0.1) is 5.41 Å². The van der Waals surface area contributed by atoms with Crippen LogP contribution < -0.4 is 4.90 Å². The number of hydrazone groups is 1. The Kier molecular flexibility index (Phi) is 9.08. The SMILES string of the molecule is CSCCCC1(C)CN(CC(=O)N(C(=O)C(F)(F)F)c2ccc(C(F)(F)F)cc2)N=C1c1ccc(Cl)cc1. The minimum absolute atomic E-state index is 0.152. The van der Waals surface area contributed by atoms with Gasteiger partial charge in [-0.15, -0.1) is 0 Å². The number of halogens is 7. The number of hydrogen-bond acceptors (Lipinski definition) is 5. The van der Waals surface area contributed by atoms with E-state index in [-0.39, 0.29) is 11.4 Å². The molecule has 1 heterocycles. The van der Waals surface area contributed by atoms with Gasteiger partial charge in [0.2, 0.25) is 0 Å². The maximum Gasteiger partial charge on any atom is 0.472 e. The average molecular weight is 580 g/mol. The molecule has 206 valence electrons. The van der Waals surface area contributed by atoms with Crippen LogP contribution in [0.4, 0.5) is 32.0 Å². The molecule has 0 aromatic heterocycles. The van der Waals surface area contributed by atoms with Crippen LogP contribution in [0.25, 0.3) is 0 Å². The van der Waals surface area contributed by atoms with Gasteiger partial charge in [-0.05, 0) is 66.8 Å². The lowest BCUT2D eigenvalue weighted by atomic mass is 9.78. The molecule has 1 aliphatic heterocycles. The number of carbonyl (C=O) groups excluding carboxylic acids is 2. The molecule has 2 aromatic carbocycles. The number of alkyl halides is 6. The second-order valence-electron chi connectivity index (χ2n) is 9.01. The Hall–Kier alpha value is -2.73. The minimum Gasteiger partial charge on any atom is -0.286 e. The number of hydrogen-bond donors (Lipinski definition) is 0. The van der Waals surface area contributed by atoms with Crippen LogP contribution in [0.3, 0.4) is 0 Å². The highest BCUT2D eigenvalue weighted by atomic mass is 35.5. The fourth-order valence-corrected chi connectivity index (χ4v) is 4.77. The molecule has 3 rings (SSSR count). The molecule has 0 radical (unpaired) electrons. The molecule has 0 saturated carbocycles. The molecule has 13 heteroatoms. The summed E-state index contributed by atoms with van der Waals surface area (Å²) in [5.74, 6) is -2.92. The van der Waals surface area contributed by atoms with Gasteiger partial charge >= 0.3 is 18.3 Å². The van der Waals surface area contributed by atoms with E-state index >= 15 is 0 Å². The predicted octanol–water partition coefficient (Wildman–Crippen LogP) is 6.65. The Morgan fingerprint density at radius 3 is 2.18 bits per heavy atom. The third kappa shape index (κ3) is 7.02. The molecule has 0 N–H and O–H groups in total. The van der Waals surface area contributed by atoms with Crippen molar-refractivity contribution < 1.29 is 35.9 Å². The zero-order chi connectivity index (χ0) is 28.3. The van der Waals surface area contributed by atoms with Crippen LogP contribution >= 0.6 is 23.4 Å². The molecule has 0 saturated heterocycles. The van der Waals surface area contributed by atoms with Gasteiger partial charge < -0.3 is 0 Å². The van der Waals surface area contributed by atoms with E-state index in [1.54, 1.807) is 36.0 Å². The standard InChI is InChI=1S/C25H24ClF6N3O2S/c1-23(12-3-13-38-2)15-34(33-21(23)16-4-8-18(26)9-5-16)14-20(36)35(22(37)25(30,31)32)19-10-6-17(7-11-19)24(27,28)29/h4-11H,3,12-15H2,1-2H3. The Morgan fingerprint density at radius 2 is 1.66 bits per heavy atom. The first-order valence-corrected chi connectivity index (χ1v) is 13.1. The van der Waals surface area contributed by atoms with Crippen molar-refractivity contribution in [3.05, 3.63) is 64.7 Å². The van der Waals surface area contributed by atoms with Crippen molar-refractivity contribution in [2.75, 3.05) is 30.0 Å². The molecular formula is C25H24ClF6N3O2S. The number of anilines is 1. The first kappa shape index (κ1) is 29.8. The zero-order valence-corrected chi connectivity index (χ0v) is 21.9. The van der Waals surface area contributed by atoms with E-state index in [2.05, 4.69) is 5.10 Å². The molecular weight excluding hydrogens is 556 g/mol. The quantitative estimate of drug-likeness (QED) is 0.260. The van der Waals surface area contributed by atoms with Crippen molar-refractivity contribution in [2.24, 2.45) is 10.5 Å². The Balaban J connectivity index is 1.92. The summed E-state index contributed by atoms with van der Waals surface area (Å²) in [5.41, 5.74) is -0.981. The van der Waals surface area contributed by atoms with E-state index in [1.807, 2.05) is 13.2 Å². The molecule has 1 unspecified atom stereocenters. The summed E-state index contributed by atoms with van der Waals surface area (Å²) in [6.07, 6.45) is -6.73. The number of rotatable bonds is 8. The highest BCUT2D eigenvalue weighted by Gasteiger charge is 2.47. The summed E-state index contributed by atoms with van der Waals surface area (Å²) >= 11 is 7.65. The van der Waals surface area contributed by atoms with Gasteiger partial charge in [-0.2, -0.15) is 43.2 Å². The van der Waals surface area contributed by atoms with E-state index in [0.717, 1.165) is 17.7 Å². The lowest BCUT2D eigenvalue weighted by Gasteiger charge is -2.28. The van der Waals surface area contributed by atoms with Crippen LogP contribution in [-0.4, -0.2) is 53.8 Å². The summed E-state index contributed by atoms with van der Waals surface area (Å²) in [6, 6.07) is 9.17. The molecule has 1 aliphatic rings. The van der Waals surface area contributed by atoms with E-state index in [4.69, 9.17) is 11.6 Å². The third-order valence-corrected chi connectivity index (χ3v) is 6.95. The summed E-state index contributed by atoms with van der Waals surface area (Å²) in [7, 11) is 0. The molecule has 5 nitrogen and oxygen atoms in total. The maximum atomic E-state index is 13.4. The fourth-order valence-electron chi connectivity index (χ4n) is 4.21. The van der Waals surface area contributed by atoms with Crippen molar-refractivity contribution in [3.63, 3.8) is 0 Å². The Morgan fingerprint density at radius 1 is 1.05 bits per heavy atom. The normalized spacial score (nSPS) is 17.9. The number of imide groups is 1. The summed E-state index contributed by atoms with van der Waals surface area (Å²) in [4.78, 5) is 25.1. The fraction of sp³-hybridized carbons (Fsp3) is 0.400. The van der Waals surface area contributed by atoms with E-state index in [1.165, 1.54) is 5.01 Å². The number of amides is 2. The van der Waals surface area contributed by atoms with Gasteiger partial charge in [-0.25, -0.2) is 4.90 Å². The average Bonchev–Trinajstić information content (AvgIpc) is 3.14. The molecule has 2 aromatic rings. The van der Waals surface area contributed by atoms with Crippen LogP contribution in [-0.2, 0) is 15.8 Å². The van der Waals surface area contributed by atoms with Gasteiger partial charge in [0.05, 0.1) is 17.0 Å². The molecule has 1 atom stereocenters. The van der Waals surface area contributed by atoms with Crippen LogP contribution in [0.5, 0.6) is 0 Å². The second-order valence-corrected chi connectivity index (χ2v) is 10.4. The predicted molar refractivity (Wildman–Crippen MR) is 135 cm³/mol. The van der Waals surface area contributed by atoms with E-state index in [9.17, 15) is 35.9 Å². The molecule has 0 spiro atoms. The smallest absolute Gasteiger partial charge is 0.286 e. The summed E-state index contributed by atoms with van der Waals surface area (Å²) in [5, 5.41) is 6.30. The van der Waals surface area contributed by atoms with Crippen LogP contribution in [0.2, 0.25) is 5.02 Å². The van der Waals surface area contributed by atoms with Gasteiger partial charge in [0.15, 0.2) is 0 Å². The largest absolute Gasteiger partial charge is 0.472 e.